The van der Waals surface area contributed by atoms with E-state index in [2.05, 4.69) is 68.6 Å². The highest BCUT2D eigenvalue weighted by Crippen LogP contribution is 2.30. The Morgan fingerprint density at radius 3 is 2.50 bits per heavy atom. The van der Waals surface area contributed by atoms with E-state index in [0.717, 1.165) is 24.4 Å². The lowest BCUT2D eigenvalue weighted by atomic mass is 10.0. The normalized spacial score (nSPS) is 11.7. The maximum atomic E-state index is 5.51. The quantitative estimate of drug-likeness (QED) is 0.588. The van der Waals surface area contributed by atoms with E-state index < -0.39 is 0 Å². The molecule has 2 aromatic rings. The summed E-state index contributed by atoms with van der Waals surface area (Å²) >= 11 is 0. The molecule has 0 aliphatic heterocycles. The summed E-state index contributed by atoms with van der Waals surface area (Å²) in [6.07, 6.45) is 4.65. The molecule has 0 aliphatic rings. The van der Waals surface area contributed by atoms with E-state index in [1.807, 2.05) is 12.1 Å². The summed E-state index contributed by atoms with van der Waals surface area (Å²) in [6, 6.07) is 16.8. The van der Waals surface area contributed by atoms with Gasteiger partial charge < -0.3 is 10.1 Å². The summed E-state index contributed by atoms with van der Waals surface area (Å²) in [4.78, 5) is 0. The van der Waals surface area contributed by atoms with Crippen LogP contribution in [-0.2, 0) is 0 Å². The smallest absolute Gasteiger partial charge is 0.141 e. The zero-order valence-electron chi connectivity index (χ0n) is 15.3. The topological polar surface area (TPSA) is 21.3 Å². The van der Waals surface area contributed by atoms with Crippen LogP contribution in [0.15, 0.2) is 60.2 Å². The van der Waals surface area contributed by atoms with E-state index in [-0.39, 0.29) is 0 Å². The maximum absolute atomic E-state index is 5.51. The van der Waals surface area contributed by atoms with Crippen LogP contribution in [0.1, 0.15) is 33.6 Å². The Morgan fingerprint density at radius 1 is 1.08 bits per heavy atom. The Bertz CT molecular complexity index is 657. The second kappa shape index (κ2) is 9.17. The molecule has 0 bridgehead atoms. The van der Waals surface area contributed by atoms with Gasteiger partial charge in [-0.05, 0) is 55.9 Å². The third kappa shape index (κ3) is 5.45. The van der Waals surface area contributed by atoms with Gasteiger partial charge in [0, 0.05) is 6.54 Å². The minimum atomic E-state index is 0.616. The lowest BCUT2D eigenvalue weighted by Gasteiger charge is -2.16. The average Bonchev–Trinajstić information content (AvgIpc) is 2.60. The van der Waals surface area contributed by atoms with Gasteiger partial charge in [-0.1, -0.05) is 55.0 Å². The Hall–Kier alpha value is -2.22. The summed E-state index contributed by atoms with van der Waals surface area (Å²) < 4.78 is 5.51. The predicted octanol–water partition coefficient (Wildman–Crippen LogP) is 6.16. The molecule has 24 heavy (non-hydrogen) atoms. The highest BCUT2D eigenvalue weighted by Gasteiger charge is 2.08. The first kappa shape index (κ1) is 18.1. The summed E-state index contributed by atoms with van der Waals surface area (Å²) in [7, 11) is 1.72. The minimum Gasteiger partial charge on any atom is -0.495 e. The molecule has 0 aliphatic carbocycles. The Labute approximate surface area is 146 Å². The first-order valence-electron chi connectivity index (χ1n) is 8.71. The molecule has 0 saturated heterocycles. The largest absolute Gasteiger partial charge is 0.495 e. The summed E-state index contributed by atoms with van der Waals surface area (Å²) in [6.45, 7) is 7.55. The van der Waals surface area contributed by atoms with Gasteiger partial charge in [-0.25, -0.2) is 0 Å². The average molecular weight is 323 g/mol. The highest BCUT2D eigenvalue weighted by atomic mass is 16.5. The lowest BCUT2D eigenvalue weighted by Crippen LogP contribution is -2.11. The Morgan fingerprint density at radius 2 is 1.83 bits per heavy atom. The van der Waals surface area contributed by atoms with Gasteiger partial charge in [0.1, 0.15) is 5.75 Å². The summed E-state index contributed by atoms with van der Waals surface area (Å²) in [5, 5.41) is 3.57. The highest BCUT2D eigenvalue weighted by molar-refractivity contribution is 5.71. The first-order valence-corrected chi connectivity index (χ1v) is 8.71. The van der Waals surface area contributed by atoms with Crippen LogP contribution in [0.5, 0.6) is 5.75 Å². The summed E-state index contributed by atoms with van der Waals surface area (Å²) in [5.41, 5.74) is 4.89. The van der Waals surface area contributed by atoms with E-state index in [4.69, 9.17) is 4.74 Å². The first-order chi connectivity index (χ1) is 11.6. The molecule has 1 atom stereocenters. The molecule has 0 amide bonds. The number of rotatable bonds is 8. The molecule has 2 nitrogen and oxygen atoms in total. The maximum Gasteiger partial charge on any atom is 0.141 e. The van der Waals surface area contributed by atoms with Crippen LogP contribution in [-0.4, -0.2) is 13.7 Å². The predicted molar refractivity (Wildman–Crippen MR) is 105 cm³/mol. The number of hydrogen-bond acceptors (Lipinski definition) is 2. The van der Waals surface area contributed by atoms with Gasteiger partial charge in [0.15, 0.2) is 0 Å². The van der Waals surface area contributed by atoms with Crippen LogP contribution in [0.2, 0.25) is 0 Å². The fraction of sp³-hybridized carbons (Fsp3) is 0.364. The summed E-state index contributed by atoms with van der Waals surface area (Å²) in [5.74, 6) is 1.51. The molecule has 2 heteroatoms. The van der Waals surface area contributed by atoms with Crippen molar-refractivity contribution >= 4 is 5.69 Å². The molecule has 0 radical (unpaired) electrons. The molecule has 0 heterocycles. The van der Waals surface area contributed by atoms with Crippen LogP contribution in [0.4, 0.5) is 5.69 Å². The van der Waals surface area contributed by atoms with E-state index in [1.54, 1.807) is 7.11 Å². The van der Waals surface area contributed by atoms with Crippen molar-refractivity contribution in [3.05, 3.63) is 60.2 Å². The van der Waals surface area contributed by atoms with Gasteiger partial charge in [-0.3, -0.25) is 0 Å². The van der Waals surface area contributed by atoms with Crippen LogP contribution in [0.25, 0.3) is 11.1 Å². The zero-order valence-corrected chi connectivity index (χ0v) is 15.3. The lowest BCUT2D eigenvalue weighted by molar-refractivity contribution is 0.416. The zero-order chi connectivity index (χ0) is 17.4. The molecule has 0 fully saturated rings. The fourth-order valence-electron chi connectivity index (χ4n) is 2.70. The van der Waals surface area contributed by atoms with Crippen molar-refractivity contribution in [3.8, 4) is 16.9 Å². The molecule has 2 aromatic carbocycles. The number of ether oxygens (including phenoxy) is 1. The number of methoxy groups -OCH3 is 1. The molecule has 0 saturated carbocycles. The minimum absolute atomic E-state index is 0.616. The number of benzene rings is 2. The molecule has 0 aromatic heterocycles. The van der Waals surface area contributed by atoms with Crippen molar-refractivity contribution < 1.29 is 4.74 Å². The Kier molecular flexibility index (Phi) is 6.92. The van der Waals surface area contributed by atoms with Crippen LogP contribution >= 0.6 is 0 Å². The molecular weight excluding hydrogens is 294 g/mol. The monoisotopic (exact) mass is 323 g/mol. The molecule has 0 spiro atoms. The van der Waals surface area contributed by atoms with Crippen molar-refractivity contribution in [3.63, 3.8) is 0 Å². The van der Waals surface area contributed by atoms with Gasteiger partial charge in [0.25, 0.3) is 0 Å². The van der Waals surface area contributed by atoms with E-state index >= 15 is 0 Å². The van der Waals surface area contributed by atoms with Crippen molar-refractivity contribution in [2.45, 2.75) is 33.6 Å². The number of hydrogen-bond donors (Lipinski definition) is 1. The third-order valence-corrected chi connectivity index (χ3v) is 4.16. The SMILES string of the molecule is COc1ccc(-c2ccccc2)cc1NC[C@H](C)CCC=C(C)C. The number of allylic oxidation sites excluding steroid dienone is 2. The Balaban J connectivity index is 2.04. The number of anilines is 1. The molecular formula is C22H29NO. The second-order valence-electron chi connectivity index (χ2n) is 6.63. The van der Waals surface area contributed by atoms with Gasteiger partial charge >= 0.3 is 0 Å². The molecule has 0 unspecified atom stereocenters. The van der Waals surface area contributed by atoms with Gasteiger partial charge in [-0.15, -0.1) is 0 Å². The van der Waals surface area contributed by atoms with E-state index in [0.29, 0.717) is 5.92 Å². The van der Waals surface area contributed by atoms with E-state index in [9.17, 15) is 0 Å². The second-order valence-corrected chi connectivity index (χ2v) is 6.63. The van der Waals surface area contributed by atoms with Crippen molar-refractivity contribution in [1.82, 2.24) is 0 Å². The molecule has 2 rings (SSSR count). The number of nitrogens with one attached hydrogen (secondary N) is 1. The van der Waals surface area contributed by atoms with Gasteiger partial charge in [0.05, 0.1) is 12.8 Å². The standard InChI is InChI=1S/C22H29NO/c1-17(2)9-8-10-18(3)16-23-21-15-20(13-14-22(21)24-4)19-11-6-5-7-12-19/h5-7,9,11-15,18,23H,8,10,16H2,1-4H3/t18-/m1/s1. The molecule has 1 N–H and O–H groups in total. The van der Waals surface area contributed by atoms with Crippen LogP contribution in [0, 0.1) is 5.92 Å². The van der Waals surface area contributed by atoms with Crippen molar-refractivity contribution in [2.24, 2.45) is 5.92 Å². The molecule has 128 valence electrons. The fourth-order valence-corrected chi connectivity index (χ4v) is 2.70. The third-order valence-electron chi connectivity index (χ3n) is 4.16. The van der Waals surface area contributed by atoms with Crippen LogP contribution in [0.3, 0.4) is 0 Å². The van der Waals surface area contributed by atoms with Gasteiger partial charge in [0.2, 0.25) is 0 Å². The van der Waals surface area contributed by atoms with Gasteiger partial charge in [-0.2, -0.15) is 0 Å². The van der Waals surface area contributed by atoms with Crippen molar-refractivity contribution in [2.75, 3.05) is 19.0 Å². The van der Waals surface area contributed by atoms with Crippen LogP contribution < -0.4 is 10.1 Å². The van der Waals surface area contributed by atoms with Crippen molar-refractivity contribution in [1.29, 1.82) is 0 Å². The van der Waals surface area contributed by atoms with E-state index in [1.165, 1.54) is 23.1 Å².